The van der Waals surface area contributed by atoms with Crippen LogP contribution in [0.5, 0.6) is 0 Å². The number of hydrogen-bond acceptors (Lipinski definition) is 5. The fourth-order valence-electron chi connectivity index (χ4n) is 1.78. The van der Waals surface area contributed by atoms with Crippen molar-refractivity contribution in [3.05, 3.63) is 52.4 Å². The van der Waals surface area contributed by atoms with E-state index in [0.29, 0.717) is 10.4 Å². The Labute approximate surface area is 159 Å². The molecule has 0 aliphatic heterocycles. The molecule has 2 N–H and O–H groups in total. The number of alkyl halides is 3. The number of amides is 2. The number of hydrogen-bond donors (Lipinski definition) is 2. The molecule has 2 rings (SSSR count). The summed E-state index contributed by atoms with van der Waals surface area (Å²) in [5.74, 6) is -2.40. The number of rotatable bonds is 6. The first-order chi connectivity index (χ1) is 12.6. The van der Waals surface area contributed by atoms with Crippen LogP contribution in [0.2, 0.25) is 0 Å². The van der Waals surface area contributed by atoms with Crippen molar-refractivity contribution in [2.75, 3.05) is 18.5 Å². The highest BCUT2D eigenvalue weighted by molar-refractivity contribution is 9.10. The summed E-state index contributed by atoms with van der Waals surface area (Å²) in [5.41, 5.74) is 0.421. The summed E-state index contributed by atoms with van der Waals surface area (Å²) in [7, 11) is 0. The van der Waals surface area contributed by atoms with Crippen LogP contribution >= 0.6 is 15.9 Å². The van der Waals surface area contributed by atoms with Gasteiger partial charge in [-0.1, -0.05) is 0 Å². The molecule has 0 atom stereocenters. The van der Waals surface area contributed by atoms with E-state index in [4.69, 9.17) is 4.42 Å². The molecule has 0 saturated carbocycles. The van der Waals surface area contributed by atoms with Gasteiger partial charge < -0.3 is 19.8 Å². The maximum absolute atomic E-state index is 12.0. The van der Waals surface area contributed by atoms with Crippen molar-refractivity contribution in [3.8, 4) is 0 Å². The number of nitrogens with one attached hydrogen (secondary N) is 2. The zero-order valence-electron chi connectivity index (χ0n) is 13.4. The Morgan fingerprint density at radius 1 is 1.07 bits per heavy atom. The van der Waals surface area contributed by atoms with Crippen molar-refractivity contribution in [1.82, 2.24) is 5.32 Å². The van der Waals surface area contributed by atoms with E-state index in [1.165, 1.54) is 30.3 Å². The number of carbonyl (C=O) groups is 3. The lowest BCUT2D eigenvalue weighted by molar-refractivity contribution is -0.140. The van der Waals surface area contributed by atoms with Crippen molar-refractivity contribution in [1.29, 1.82) is 0 Å². The molecule has 0 saturated heterocycles. The standard InChI is InChI=1S/C16H12BrF3N2O5/c17-12-6-5-11(27-12)14(24)22-10-3-1-9(2-4-10)15(25)26-7-13(23)21-8-16(18,19)20/h1-6H,7-8H2,(H,21,23)(H,22,24). The van der Waals surface area contributed by atoms with E-state index in [-0.39, 0.29) is 11.3 Å². The van der Waals surface area contributed by atoms with Crippen LogP contribution in [0.15, 0.2) is 45.5 Å². The van der Waals surface area contributed by atoms with Gasteiger partial charge in [0.05, 0.1) is 5.56 Å². The maximum Gasteiger partial charge on any atom is 0.405 e. The number of furan rings is 1. The fourth-order valence-corrected chi connectivity index (χ4v) is 2.09. The van der Waals surface area contributed by atoms with Crippen molar-refractivity contribution >= 4 is 39.4 Å². The van der Waals surface area contributed by atoms with Crippen LogP contribution in [-0.2, 0) is 9.53 Å². The van der Waals surface area contributed by atoms with Gasteiger partial charge in [0, 0.05) is 5.69 Å². The number of ether oxygens (including phenoxy) is 1. The third-order valence-corrected chi connectivity index (χ3v) is 3.42. The van der Waals surface area contributed by atoms with Gasteiger partial charge in [-0.3, -0.25) is 9.59 Å². The summed E-state index contributed by atoms with van der Waals surface area (Å²) >= 11 is 3.07. The van der Waals surface area contributed by atoms with Gasteiger partial charge in [-0.05, 0) is 52.3 Å². The SMILES string of the molecule is O=C(COC(=O)c1ccc(NC(=O)c2ccc(Br)o2)cc1)NCC(F)(F)F. The molecule has 0 unspecified atom stereocenters. The summed E-state index contributed by atoms with van der Waals surface area (Å²) in [6.07, 6.45) is -4.55. The van der Waals surface area contributed by atoms with Gasteiger partial charge in [-0.2, -0.15) is 13.2 Å². The van der Waals surface area contributed by atoms with E-state index >= 15 is 0 Å². The second-order valence-corrected chi connectivity index (χ2v) is 5.88. The van der Waals surface area contributed by atoms with Gasteiger partial charge in [0.25, 0.3) is 11.8 Å². The Kier molecular flexibility index (Phi) is 6.61. The fraction of sp³-hybridized carbons (Fsp3) is 0.188. The molecule has 0 fully saturated rings. The second kappa shape index (κ2) is 8.71. The van der Waals surface area contributed by atoms with E-state index in [1.807, 2.05) is 0 Å². The average Bonchev–Trinajstić information content (AvgIpc) is 3.04. The minimum atomic E-state index is -4.55. The van der Waals surface area contributed by atoms with Crippen molar-refractivity contribution in [2.45, 2.75) is 6.18 Å². The second-order valence-electron chi connectivity index (χ2n) is 5.10. The van der Waals surface area contributed by atoms with Gasteiger partial charge in [-0.25, -0.2) is 4.79 Å². The number of anilines is 1. The van der Waals surface area contributed by atoms with E-state index in [0.717, 1.165) is 0 Å². The Hall–Kier alpha value is -2.82. The molecule has 0 aliphatic rings. The summed E-state index contributed by atoms with van der Waals surface area (Å²) < 4.78 is 46.0. The van der Waals surface area contributed by atoms with Crippen LogP contribution in [-0.4, -0.2) is 37.1 Å². The lowest BCUT2D eigenvalue weighted by Crippen LogP contribution is -2.36. The highest BCUT2D eigenvalue weighted by Gasteiger charge is 2.27. The molecule has 0 radical (unpaired) electrons. The lowest BCUT2D eigenvalue weighted by atomic mass is 10.2. The molecule has 7 nitrogen and oxygen atoms in total. The van der Waals surface area contributed by atoms with Gasteiger partial charge in [0.2, 0.25) is 0 Å². The minimum Gasteiger partial charge on any atom is -0.452 e. The van der Waals surface area contributed by atoms with Gasteiger partial charge >= 0.3 is 12.1 Å². The topological polar surface area (TPSA) is 97.6 Å². The lowest BCUT2D eigenvalue weighted by Gasteiger charge is -2.09. The Morgan fingerprint density at radius 3 is 2.30 bits per heavy atom. The zero-order chi connectivity index (χ0) is 20.0. The van der Waals surface area contributed by atoms with Crippen molar-refractivity contribution < 1.29 is 36.7 Å². The molecule has 11 heteroatoms. The molecule has 0 aliphatic carbocycles. The van der Waals surface area contributed by atoms with E-state index in [1.54, 1.807) is 11.4 Å². The van der Waals surface area contributed by atoms with Gasteiger partial charge in [-0.15, -0.1) is 0 Å². The average molecular weight is 449 g/mol. The molecule has 0 bridgehead atoms. The first kappa shape index (κ1) is 20.5. The summed E-state index contributed by atoms with van der Waals surface area (Å²) in [4.78, 5) is 34.9. The molecule has 0 spiro atoms. The third kappa shape index (κ3) is 6.77. The number of carbonyl (C=O) groups excluding carboxylic acids is 3. The van der Waals surface area contributed by atoms with E-state index < -0.39 is 37.1 Å². The Bertz CT molecular complexity index is 833. The first-order valence-electron chi connectivity index (χ1n) is 7.31. The summed E-state index contributed by atoms with van der Waals surface area (Å²) in [6, 6.07) is 8.49. The quantitative estimate of drug-likeness (QED) is 0.661. The molecule has 1 aromatic carbocycles. The number of benzene rings is 1. The van der Waals surface area contributed by atoms with Gasteiger partial charge in [0.1, 0.15) is 6.54 Å². The summed E-state index contributed by atoms with van der Waals surface area (Å²) in [6.45, 7) is -2.36. The monoisotopic (exact) mass is 448 g/mol. The minimum absolute atomic E-state index is 0.0531. The van der Waals surface area contributed by atoms with Crippen LogP contribution in [0.25, 0.3) is 0 Å². The van der Waals surface area contributed by atoms with Crippen molar-refractivity contribution in [3.63, 3.8) is 0 Å². The molecule has 2 amide bonds. The highest BCUT2D eigenvalue weighted by Crippen LogP contribution is 2.17. The predicted octanol–water partition coefficient (Wildman–Crippen LogP) is 3.13. The Morgan fingerprint density at radius 2 is 1.74 bits per heavy atom. The number of halogens is 4. The van der Waals surface area contributed by atoms with Crippen molar-refractivity contribution in [2.24, 2.45) is 0 Å². The van der Waals surface area contributed by atoms with Gasteiger partial charge in [0.15, 0.2) is 17.0 Å². The van der Waals surface area contributed by atoms with Crippen LogP contribution in [0.3, 0.4) is 0 Å². The molecule has 27 heavy (non-hydrogen) atoms. The molecule has 1 heterocycles. The molecular weight excluding hydrogens is 437 g/mol. The molecule has 2 aromatic rings. The third-order valence-electron chi connectivity index (χ3n) is 3.00. The Balaban J connectivity index is 1.84. The summed E-state index contributed by atoms with van der Waals surface area (Å²) in [5, 5.41) is 4.12. The normalized spacial score (nSPS) is 11.0. The van der Waals surface area contributed by atoms with Crippen LogP contribution in [0.4, 0.5) is 18.9 Å². The maximum atomic E-state index is 12.0. The van der Waals surface area contributed by atoms with Crippen LogP contribution in [0, 0.1) is 0 Å². The van der Waals surface area contributed by atoms with Crippen LogP contribution in [0.1, 0.15) is 20.9 Å². The van der Waals surface area contributed by atoms with Crippen LogP contribution < -0.4 is 10.6 Å². The molecular formula is C16H12BrF3N2O5. The first-order valence-corrected chi connectivity index (χ1v) is 8.11. The van der Waals surface area contributed by atoms with E-state index in [9.17, 15) is 27.6 Å². The zero-order valence-corrected chi connectivity index (χ0v) is 15.0. The highest BCUT2D eigenvalue weighted by atomic mass is 79.9. The largest absolute Gasteiger partial charge is 0.452 e. The van der Waals surface area contributed by atoms with E-state index in [2.05, 4.69) is 26.0 Å². The molecule has 1 aromatic heterocycles. The smallest absolute Gasteiger partial charge is 0.405 e. The number of esters is 1. The molecule has 144 valence electrons. The predicted molar refractivity (Wildman–Crippen MR) is 90.2 cm³/mol.